The lowest BCUT2D eigenvalue weighted by Crippen LogP contribution is -2.10. The first-order chi connectivity index (χ1) is 10.1. The number of carbonyl (C=O) groups excluding carboxylic acids is 1. The van der Waals surface area contributed by atoms with Gasteiger partial charge in [0.2, 0.25) is 5.91 Å². The zero-order valence-electron chi connectivity index (χ0n) is 11.6. The van der Waals surface area contributed by atoms with Crippen molar-refractivity contribution in [3.63, 3.8) is 0 Å². The smallest absolute Gasteiger partial charge is 0.292 e. The Hall–Kier alpha value is -2.15. The number of hydrogen-bond acceptors (Lipinski definition) is 5. The van der Waals surface area contributed by atoms with Crippen LogP contribution in [0.5, 0.6) is 0 Å². The maximum atomic E-state index is 11.4. The fraction of sp³-hybridized carbons (Fsp3) is 0.500. The van der Waals surface area contributed by atoms with Crippen LogP contribution in [0, 0.1) is 16.0 Å². The van der Waals surface area contributed by atoms with Gasteiger partial charge in [-0.3, -0.25) is 14.9 Å². The number of nitrogens with one attached hydrogen (secondary N) is 2. The van der Waals surface area contributed by atoms with Gasteiger partial charge in [0.1, 0.15) is 5.69 Å². The molecule has 2 aliphatic heterocycles. The Morgan fingerprint density at radius 1 is 1.48 bits per heavy atom. The van der Waals surface area contributed by atoms with Gasteiger partial charge < -0.3 is 15.4 Å². The van der Waals surface area contributed by atoms with Crippen LogP contribution in [0.25, 0.3) is 0 Å². The van der Waals surface area contributed by atoms with E-state index in [0.717, 1.165) is 26.1 Å². The molecule has 2 N–H and O–H groups in total. The van der Waals surface area contributed by atoms with Crippen molar-refractivity contribution >= 4 is 23.0 Å². The van der Waals surface area contributed by atoms with Crippen molar-refractivity contribution < 1.29 is 14.5 Å². The lowest BCUT2D eigenvalue weighted by atomic mass is 10.1. The number of hydrogen-bond donors (Lipinski definition) is 2. The second-order valence-electron chi connectivity index (χ2n) is 5.45. The molecule has 21 heavy (non-hydrogen) atoms. The van der Waals surface area contributed by atoms with E-state index in [1.165, 1.54) is 6.07 Å². The van der Waals surface area contributed by atoms with Crippen molar-refractivity contribution in [2.24, 2.45) is 5.92 Å². The molecule has 1 aromatic carbocycles. The van der Waals surface area contributed by atoms with Crippen LogP contribution in [0.2, 0.25) is 0 Å². The summed E-state index contributed by atoms with van der Waals surface area (Å²) in [6, 6.07) is 3.14. The molecule has 2 aliphatic rings. The molecule has 0 saturated carbocycles. The molecule has 3 rings (SSSR count). The number of carbonyl (C=O) groups is 1. The summed E-state index contributed by atoms with van der Waals surface area (Å²) in [5, 5.41) is 17.0. The molecular weight excluding hydrogens is 274 g/mol. The molecule has 2 heterocycles. The second kappa shape index (κ2) is 5.69. The molecule has 7 heteroatoms. The van der Waals surface area contributed by atoms with Crippen LogP contribution in [0.15, 0.2) is 12.1 Å². The van der Waals surface area contributed by atoms with E-state index < -0.39 is 4.92 Å². The fourth-order valence-electron chi connectivity index (χ4n) is 2.78. The van der Waals surface area contributed by atoms with Gasteiger partial charge in [-0.2, -0.15) is 0 Å². The summed E-state index contributed by atoms with van der Waals surface area (Å²) in [5.74, 6) is 0.394. The summed E-state index contributed by atoms with van der Waals surface area (Å²) in [4.78, 5) is 22.1. The standard InChI is InChI=1S/C14H17N3O4/c18-14-6-10-5-13(17(19)20)12(7-11(10)16-14)15-3-1-9-2-4-21-8-9/h5,7,9,15H,1-4,6,8H2,(H,16,18). The summed E-state index contributed by atoms with van der Waals surface area (Å²) in [6.45, 7) is 2.22. The van der Waals surface area contributed by atoms with Gasteiger partial charge >= 0.3 is 0 Å². The van der Waals surface area contributed by atoms with Crippen LogP contribution in [-0.2, 0) is 16.0 Å². The van der Waals surface area contributed by atoms with Gasteiger partial charge in [0.15, 0.2) is 0 Å². The second-order valence-corrected chi connectivity index (χ2v) is 5.45. The number of fused-ring (bicyclic) bond motifs is 1. The number of nitro benzene ring substituents is 1. The minimum atomic E-state index is -0.413. The number of amides is 1. The van der Waals surface area contributed by atoms with E-state index in [2.05, 4.69) is 10.6 Å². The minimum absolute atomic E-state index is 0.0212. The van der Waals surface area contributed by atoms with Gasteiger partial charge in [0.05, 0.1) is 11.3 Å². The Labute approximate surface area is 121 Å². The molecule has 112 valence electrons. The first kappa shape index (κ1) is 13.8. The maximum Gasteiger partial charge on any atom is 0.292 e. The number of nitrogens with zero attached hydrogens (tertiary/aromatic N) is 1. The fourth-order valence-corrected chi connectivity index (χ4v) is 2.78. The Morgan fingerprint density at radius 2 is 2.33 bits per heavy atom. The normalized spacial score (nSPS) is 20.2. The molecule has 1 aromatic rings. The van der Waals surface area contributed by atoms with Crippen LogP contribution < -0.4 is 10.6 Å². The van der Waals surface area contributed by atoms with Crippen molar-refractivity contribution in [2.45, 2.75) is 19.3 Å². The maximum absolute atomic E-state index is 11.4. The highest BCUT2D eigenvalue weighted by molar-refractivity contribution is 6.00. The summed E-state index contributed by atoms with van der Waals surface area (Å²) in [5.41, 5.74) is 1.83. The van der Waals surface area contributed by atoms with Crippen LogP contribution in [0.1, 0.15) is 18.4 Å². The number of anilines is 2. The Kier molecular flexibility index (Phi) is 3.74. The third-order valence-corrected chi connectivity index (χ3v) is 3.94. The Morgan fingerprint density at radius 3 is 3.05 bits per heavy atom. The lowest BCUT2D eigenvalue weighted by Gasteiger charge is -2.11. The highest BCUT2D eigenvalue weighted by atomic mass is 16.6. The predicted octanol–water partition coefficient (Wildman–Crippen LogP) is 1.93. The number of ether oxygens (including phenoxy) is 1. The van der Waals surface area contributed by atoms with Crippen molar-refractivity contribution in [3.8, 4) is 0 Å². The van der Waals surface area contributed by atoms with Crippen molar-refractivity contribution in [1.29, 1.82) is 0 Å². The highest BCUT2D eigenvalue weighted by Gasteiger charge is 2.24. The van der Waals surface area contributed by atoms with E-state index in [1.54, 1.807) is 6.07 Å². The highest BCUT2D eigenvalue weighted by Crippen LogP contribution is 2.34. The van der Waals surface area contributed by atoms with Gasteiger partial charge in [0, 0.05) is 31.5 Å². The summed E-state index contributed by atoms with van der Waals surface area (Å²) >= 11 is 0. The minimum Gasteiger partial charge on any atom is -0.381 e. The quantitative estimate of drug-likeness (QED) is 0.638. The lowest BCUT2D eigenvalue weighted by molar-refractivity contribution is -0.384. The Balaban J connectivity index is 1.72. The first-order valence-electron chi connectivity index (χ1n) is 7.06. The van der Waals surface area contributed by atoms with E-state index in [1.807, 2.05) is 0 Å². The molecular formula is C14H17N3O4. The first-order valence-corrected chi connectivity index (χ1v) is 7.06. The number of nitro groups is 1. The van der Waals surface area contributed by atoms with Gasteiger partial charge in [0.25, 0.3) is 5.69 Å². The zero-order chi connectivity index (χ0) is 14.8. The monoisotopic (exact) mass is 291 g/mol. The molecule has 1 atom stereocenters. The summed E-state index contributed by atoms with van der Waals surface area (Å²) < 4.78 is 5.31. The van der Waals surface area contributed by atoms with Gasteiger partial charge in [-0.25, -0.2) is 0 Å². The number of benzene rings is 1. The van der Waals surface area contributed by atoms with Crippen LogP contribution in [0.3, 0.4) is 0 Å². The van der Waals surface area contributed by atoms with Crippen molar-refractivity contribution in [1.82, 2.24) is 0 Å². The Bertz CT molecular complexity index is 582. The van der Waals surface area contributed by atoms with Crippen molar-refractivity contribution in [2.75, 3.05) is 30.4 Å². The van der Waals surface area contributed by atoms with Crippen LogP contribution >= 0.6 is 0 Å². The molecule has 7 nitrogen and oxygen atoms in total. The average molecular weight is 291 g/mol. The van der Waals surface area contributed by atoms with Crippen LogP contribution in [-0.4, -0.2) is 30.6 Å². The summed E-state index contributed by atoms with van der Waals surface area (Å²) in [6.07, 6.45) is 2.17. The van der Waals surface area contributed by atoms with E-state index in [-0.39, 0.29) is 18.0 Å². The van der Waals surface area contributed by atoms with Gasteiger partial charge in [-0.1, -0.05) is 0 Å². The van der Waals surface area contributed by atoms with E-state index in [9.17, 15) is 14.9 Å². The molecule has 1 fully saturated rings. The van der Waals surface area contributed by atoms with Crippen molar-refractivity contribution in [3.05, 3.63) is 27.8 Å². The average Bonchev–Trinajstić information content (AvgIpc) is 3.05. The molecule has 0 spiro atoms. The SMILES string of the molecule is O=C1Cc2cc([N+](=O)[O-])c(NCCC3CCOC3)cc2N1. The molecule has 1 saturated heterocycles. The molecule has 0 radical (unpaired) electrons. The molecule has 1 unspecified atom stereocenters. The third-order valence-electron chi connectivity index (χ3n) is 3.94. The van der Waals surface area contributed by atoms with Crippen LogP contribution in [0.4, 0.5) is 17.1 Å². The predicted molar refractivity (Wildman–Crippen MR) is 77.5 cm³/mol. The van der Waals surface area contributed by atoms with E-state index in [0.29, 0.717) is 29.4 Å². The van der Waals surface area contributed by atoms with Gasteiger partial charge in [-0.05, 0) is 30.4 Å². The molecule has 1 amide bonds. The zero-order valence-corrected chi connectivity index (χ0v) is 11.6. The topological polar surface area (TPSA) is 93.5 Å². The van der Waals surface area contributed by atoms with E-state index in [4.69, 9.17) is 4.74 Å². The van der Waals surface area contributed by atoms with Gasteiger partial charge in [-0.15, -0.1) is 0 Å². The number of rotatable bonds is 5. The molecule has 0 aliphatic carbocycles. The molecule has 0 bridgehead atoms. The van der Waals surface area contributed by atoms with E-state index >= 15 is 0 Å². The third kappa shape index (κ3) is 2.97. The largest absolute Gasteiger partial charge is 0.381 e. The molecule has 0 aromatic heterocycles. The summed E-state index contributed by atoms with van der Waals surface area (Å²) in [7, 11) is 0.